The van der Waals surface area contributed by atoms with Crippen LogP contribution in [0.15, 0.2) is 35.4 Å². The number of anilines is 2. The smallest absolute Gasteiger partial charge is 0.327 e. The van der Waals surface area contributed by atoms with Gasteiger partial charge in [0.1, 0.15) is 0 Å². The number of aliphatic carboxylic acids is 1. The van der Waals surface area contributed by atoms with E-state index in [9.17, 15) is 18.0 Å². The fraction of sp³-hybridized carbons (Fsp3) is 0.167. The average Bonchev–Trinajstić information content (AvgIpc) is 2.84. The van der Waals surface area contributed by atoms with Crippen molar-refractivity contribution in [1.29, 1.82) is 0 Å². The molecule has 1 aromatic heterocycles. The first-order valence-corrected chi connectivity index (χ1v) is 7.77. The fourth-order valence-electron chi connectivity index (χ4n) is 1.66. The van der Waals surface area contributed by atoms with Gasteiger partial charge in [-0.15, -0.1) is 5.10 Å². The van der Waals surface area contributed by atoms with E-state index < -0.39 is 22.5 Å². The largest absolute Gasteiger partial charge is 0.480 e. The number of amides is 1. The molecule has 1 amide bonds. The standard InChI is InChI=1S/C12H13N5O5S/c1-8(18)14-9-2-4-10(5-3-9)23(21,22)16-11-6-13-17(15-11)7-12(19)20/h2-6H,7H2,1H3,(H,14,18)(H,15,16)(H,19,20). The zero-order chi connectivity index (χ0) is 17.0. The van der Waals surface area contributed by atoms with Crippen LogP contribution < -0.4 is 10.0 Å². The second-order valence-corrected chi connectivity index (χ2v) is 6.15. The van der Waals surface area contributed by atoms with Crippen molar-refractivity contribution in [3.63, 3.8) is 0 Å². The Morgan fingerprint density at radius 3 is 2.48 bits per heavy atom. The van der Waals surface area contributed by atoms with Gasteiger partial charge in [-0.2, -0.15) is 9.90 Å². The first-order chi connectivity index (χ1) is 10.8. The molecule has 0 aliphatic heterocycles. The summed E-state index contributed by atoms with van der Waals surface area (Å²) in [5, 5.41) is 18.5. The van der Waals surface area contributed by atoms with Gasteiger partial charge in [0.05, 0.1) is 11.1 Å². The van der Waals surface area contributed by atoms with E-state index in [0.717, 1.165) is 11.0 Å². The summed E-state index contributed by atoms with van der Waals surface area (Å²) >= 11 is 0. The molecule has 2 aromatic rings. The fourth-order valence-corrected chi connectivity index (χ4v) is 2.64. The Bertz CT molecular complexity index is 828. The van der Waals surface area contributed by atoms with Crippen molar-refractivity contribution in [2.75, 3.05) is 10.0 Å². The summed E-state index contributed by atoms with van der Waals surface area (Å²) in [5.74, 6) is -1.52. The lowest BCUT2D eigenvalue weighted by atomic mass is 10.3. The minimum absolute atomic E-state index is 0.0422. The summed E-state index contributed by atoms with van der Waals surface area (Å²) in [6.45, 7) is 0.861. The molecule has 0 aliphatic rings. The SMILES string of the molecule is CC(=O)Nc1ccc(S(=O)(=O)Nc2cnn(CC(=O)O)n2)cc1. The Hall–Kier alpha value is -2.95. The van der Waals surface area contributed by atoms with Crippen molar-refractivity contribution >= 4 is 33.4 Å². The minimum Gasteiger partial charge on any atom is -0.480 e. The number of hydrogen-bond donors (Lipinski definition) is 3. The van der Waals surface area contributed by atoms with Crippen LogP contribution in [-0.4, -0.2) is 40.4 Å². The Balaban J connectivity index is 2.13. The van der Waals surface area contributed by atoms with Crippen molar-refractivity contribution in [2.24, 2.45) is 0 Å². The van der Waals surface area contributed by atoms with Crippen molar-refractivity contribution in [3.05, 3.63) is 30.5 Å². The second kappa shape index (κ2) is 6.44. The normalized spacial score (nSPS) is 11.0. The van der Waals surface area contributed by atoms with E-state index in [0.29, 0.717) is 5.69 Å². The average molecular weight is 339 g/mol. The minimum atomic E-state index is -3.90. The van der Waals surface area contributed by atoms with Crippen molar-refractivity contribution < 1.29 is 23.1 Å². The first kappa shape index (κ1) is 16.4. The molecule has 122 valence electrons. The molecule has 11 heteroatoms. The third-order valence-corrected chi connectivity index (χ3v) is 3.91. The van der Waals surface area contributed by atoms with Crippen molar-refractivity contribution in [2.45, 2.75) is 18.4 Å². The van der Waals surface area contributed by atoms with Gasteiger partial charge in [0, 0.05) is 12.6 Å². The van der Waals surface area contributed by atoms with Gasteiger partial charge in [-0.1, -0.05) is 0 Å². The molecule has 0 spiro atoms. The monoisotopic (exact) mass is 339 g/mol. The lowest BCUT2D eigenvalue weighted by molar-refractivity contribution is -0.138. The van der Waals surface area contributed by atoms with E-state index in [1.807, 2.05) is 0 Å². The van der Waals surface area contributed by atoms with Gasteiger partial charge >= 0.3 is 5.97 Å². The van der Waals surface area contributed by atoms with Gasteiger partial charge in [-0.3, -0.25) is 14.3 Å². The van der Waals surface area contributed by atoms with Crippen LogP contribution in [0.4, 0.5) is 11.5 Å². The lowest BCUT2D eigenvalue weighted by Gasteiger charge is -2.06. The number of carboxylic acid groups (broad SMARTS) is 1. The Morgan fingerprint density at radius 2 is 1.91 bits per heavy atom. The zero-order valence-electron chi connectivity index (χ0n) is 11.9. The van der Waals surface area contributed by atoms with E-state index >= 15 is 0 Å². The molecule has 2 rings (SSSR count). The van der Waals surface area contributed by atoms with E-state index in [1.165, 1.54) is 31.2 Å². The number of aromatic nitrogens is 3. The van der Waals surface area contributed by atoms with Crippen LogP contribution in [-0.2, 0) is 26.2 Å². The van der Waals surface area contributed by atoms with Gasteiger partial charge in [-0.05, 0) is 24.3 Å². The Morgan fingerprint density at radius 1 is 1.26 bits per heavy atom. The Kier molecular flexibility index (Phi) is 4.60. The quantitative estimate of drug-likeness (QED) is 0.678. The predicted octanol–water partition coefficient (Wildman–Crippen LogP) is 0.122. The number of nitrogens with zero attached hydrogens (tertiary/aromatic N) is 3. The van der Waals surface area contributed by atoms with E-state index in [2.05, 4.69) is 20.2 Å². The number of carboxylic acids is 1. The molecular weight excluding hydrogens is 326 g/mol. The van der Waals surface area contributed by atoms with Crippen molar-refractivity contribution in [1.82, 2.24) is 15.0 Å². The molecule has 0 aliphatic carbocycles. The van der Waals surface area contributed by atoms with Crippen LogP contribution >= 0.6 is 0 Å². The number of benzene rings is 1. The van der Waals surface area contributed by atoms with Crippen LogP contribution in [0.5, 0.6) is 0 Å². The summed E-state index contributed by atoms with van der Waals surface area (Å²) < 4.78 is 26.5. The van der Waals surface area contributed by atoms with Gasteiger partial charge in [-0.25, -0.2) is 8.42 Å². The van der Waals surface area contributed by atoms with E-state index in [1.54, 1.807) is 0 Å². The van der Waals surface area contributed by atoms with E-state index in [-0.39, 0.29) is 16.6 Å². The first-order valence-electron chi connectivity index (χ1n) is 6.29. The zero-order valence-corrected chi connectivity index (χ0v) is 12.7. The third-order valence-electron chi connectivity index (χ3n) is 2.54. The third kappa shape index (κ3) is 4.51. The molecule has 0 radical (unpaired) electrons. The molecule has 10 nitrogen and oxygen atoms in total. The van der Waals surface area contributed by atoms with E-state index in [4.69, 9.17) is 5.11 Å². The number of hydrogen-bond acceptors (Lipinski definition) is 6. The molecule has 0 saturated heterocycles. The maximum Gasteiger partial charge on any atom is 0.327 e. The summed E-state index contributed by atoms with van der Waals surface area (Å²) in [7, 11) is -3.90. The number of sulfonamides is 1. The maximum absolute atomic E-state index is 12.2. The molecule has 1 heterocycles. The number of carbonyl (C=O) groups excluding carboxylic acids is 1. The van der Waals surface area contributed by atoms with Crippen LogP contribution in [0.3, 0.4) is 0 Å². The number of rotatable bonds is 6. The summed E-state index contributed by atoms with van der Waals surface area (Å²) in [4.78, 5) is 22.2. The number of nitrogens with one attached hydrogen (secondary N) is 2. The predicted molar refractivity (Wildman–Crippen MR) is 79.2 cm³/mol. The molecule has 0 bridgehead atoms. The highest BCUT2D eigenvalue weighted by Gasteiger charge is 2.16. The molecule has 23 heavy (non-hydrogen) atoms. The number of carbonyl (C=O) groups is 2. The Labute approximate surface area is 131 Å². The highest BCUT2D eigenvalue weighted by atomic mass is 32.2. The van der Waals surface area contributed by atoms with Crippen LogP contribution in [0.2, 0.25) is 0 Å². The summed E-state index contributed by atoms with van der Waals surface area (Å²) in [6.07, 6.45) is 1.10. The van der Waals surface area contributed by atoms with Crippen molar-refractivity contribution in [3.8, 4) is 0 Å². The van der Waals surface area contributed by atoms with Crippen LogP contribution in [0, 0.1) is 0 Å². The molecule has 0 unspecified atom stereocenters. The van der Waals surface area contributed by atoms with Crippen LogP contribution in [0.1, 0.15) is 6.92 Å². The molecule has 0 saturated carbocycles. The van der Waals surface area contributed by atoms with Gasteiger partial charge in [0.25, 0.3) is 10.0 Å². The molecule has 0 fully saturated rings. The van der Waals surface area contributed by atoms with Crippen LogP contribution in [0.25, 0.3) is 0 Å². The summed E-state index contributed by atoms with van der Waals surface area (Å²) in [5.41, 5.74) is 0.462. The maximum atomic E-state index is 12.2. The molecular formula is C12H13N5O5S. The summed E-state index contributed by atoms with van der Waals surface area (Å²) in [6, 6.07) is 5.51. The van der Waals surface area contributed by atoms with Gasteiger partial charge in [0.15, 0.2) is 12.4 Å². The topological polar surface area (TPSA) is 143 Å². The molecule has 0 atom stereocenters. The lowest BCUT2D eigenvalue weighted by Crippen LogP contribution is -2.15. The highest BCUT2D eigenvalue weighted by molar-refractivity contribution is 7.92. The second-order valence-electron chi connectivity index (χ2n) is 4.47. The highest BCUT2D eigenvalue weighted by Crippen LogP contribution is 2.16. The van der Waals surface area contributed by atoms with Gasteiger partial charge in [0.2, 0.25) is 5.91 Å². The molecule has 1 aromatic carbocycles. The van der Waals surface area contributed by atoms with Gasteiger partial charge < -0.3 is 10.4 Å². The molecule has 3 N–H and O–H groups in total.